The number of carbonyl (C=O) groups is 2. The van der Waals surface area contributed by atoms with Crippen LogP contribution in [-0.2, 0) is 9.59 Å². The van der Waals surface area contributed by atoms with Gasteiger partial charge in [0.2, 0.25) is 5.91 Å². The van der Waals surface area contributed by atoms with Crippen molar-refractivity contribution in [2.75, 3.05) is 25.0 Å². The Labute approximate surface area is 130 Å². The molecular formula is C13H14BrClN2O3. The summed E-state index contributed by atoms with van der Waals surface area (Å²) in [7, 11) is 0. The number of anilines is 1. The lowest BCUT2D eigenvalue weighted by molar-refractivity contribution is -0.141. The molecule has 1 aromatic carbocycles. The summed E-state index contributed by atoms with van der Waals surface area (Å²) in [4.78, 5) is 24.6. The SMILES string of the molecule is O=C(CN1CCC(C(=O)O)C1)Nc1ccc(Br)cc1Cl. The molecule has 1 atom stereocenters. The number of amides is 1. The number of carbonyl (C=O) groups excluding carboxylic acids is 1. The van der Waals surface area contributed by atoms with Crippen molar-refractivity contribution < 1.29 is 14.7 Å². The summed E-state index contributed by atoms with van der Waals surface area (Å²) in [6, 6.07) is 5.21. The van der Waals surface area contributed by atoms with E-state index in [2.05, 4.69) is 21.2 Å². The van der Waals surface area contributed by atoms with Crippen molar-refractivity contribution in [2.24, 2.45) is 5.92 Å². The van der Waals surface area contributed by atoms with Gasteiger partial charge in [0.05, 0.1) is 23.2 Å². The van der Waals surface area contributed by atoms with Gasteiger partial charge in [-0.3, -0.25) is 14.5 Å². The van der Waals surface area contributed by atoms with E-state index in [1.807, 2.05) is 4.90 Å². The van der Waals surface area contributed by atoms with E-state index in [-0.39, 0.29) is 18.4 Å². The van der Waals surface area contributed by atoms with E-state index in [0.717, 1.165) is 4.47 Å². The van der Waals surface area contributed by atoms with Crippen molar-refractivity contribution in [1.29, 1.82) is 0 Å². The van der Waals surface area contributed by atoms with Crippen LogP contribution >= 0.6 is 27.5 Å². The second-order valence-corrected chi connectivity index (χ2v) is 6.05. The molecule has 0 aliphatic carbocycles. The van der Waals surface area contributed by atoms with Gasteiger partial charge in [-0.1, -0.05) is 27.5 Å². The van der Waals surface area contributed by atoms with Crippen LogP contribution < -0.4 is 5.32 Å². The van der Waals surface area contributed by atoms with Crippen molar-refractivity contribution >= 4 is 45.1 Å². The summed E-state index contributed by atoms with van der Waals surface area (Å²) in [6.07, 6.45) is 0.585. The molecule has 1 amide bonds. The topological polar surface area (TPSA) is 69.6 Å². The lowest BCUT2D eigenvalue weighted by atomic mass is 10.1. The zero-order chi connectivity index (χ0) is 14.7. The van der Waals surface area contributed by atoms with Crippen LogP contribution in [0.4, 0.5) is 5.69 Å². The van der Waals surface area contributed by atoms with Crippen LogP contribution in [-0.4, -0.2) is 41.5 Å². The minimum atomic E-state index is -0.802. The van der Waals surface area contributed by atoms with Gasteiger partial charge in [-0.05, 0) is 31.2 Å². The summed E-state index contributed by atoms with van der Waals surface area (Å²) in [5.74, 6) is -1.37. The number of hydrogen-bond acceptors (Lipinski definition) is 3. The Morgan fingerprint density at radius 2 is 2.25 bits per heavy atom. The summed E-state index contributed by atoms with van der Waals surface area (Å²) < 4.78 is 0.837. The van der Waals surface area contributed by atoms with E-state index in [4.69, 9.17) is 16.7 Å². The first-order chi connectivity index (χ1) is 9.45. The Balaban J connectivity index is 1.88. The maximum absolute atomic E-state index is 11.9. The molecule has 1 heterocycles. The Hall–Kier alpha value is -1.11. The number of halogens is 2. The molecule has 5 nitrogen and oxygen atoms in total. The first-order valence-corrected chi connectivity index (χ1v) is 7.33. The standard InChI is InChI=1S/C13H14BrClN2O3/c14-9-1-2-11(10(15)5-9)16-12(18)7-17-4-3-8(6-17)13(19)20/h1-2,5,8H,3-4,6-7H2,(H,16,18)(H,19,20). The number of aliphatic carboxylic acids is 1. The quantitative estimate of drug-likeness (QED) is 0.864. The fourth-order valence-corrected chi connectivity index (χ4v) is 2.88. The van der Waals surface area contributed by atoms with Gasteiger partial charge in [0.15, 0.2) is 0 Å². The Morgan fingerprint density at radius 1 is 1.50 bits per heavy atom. The number of rotatable bonds is 4. The van der Waals surface area contributed by atoms with Crippen molar-refractivity contribution in [3.63, 3.8) is 0 Å². The van der Waals surface area contributed by atoms with Crippen LogP contribution in [0, 0.1) is 5.92 Å². The van der Waals surface area contributed by atoms with Gasteiger partial charge in [0.1, 0.15) is 0 Å². The summed E-state index contributed by atoms with van der Waals surface area (Å²) in [5.41, 5.74) is 0.550. The van der Waals surface area contributed by atoms with Gasteiger partial charge in [0.25, 0.3) is 0 Å². The van der Waals surface area contributed by atoms with Gasteiger partial charge in [-0.25, -0.2) is 0 Å². The highest BCUT2D eigenvalue weighted by Gasteiger charge is 2.28. The molecule has 1 fully saturated rings. The minimum Gasteiger partial charge on any atom is -0.481 e. The van der Waals surface area contributed by atoms with Gasteiger partial charge >= 0.3 is 5.97 Å². The molecule has 20 heavy (non-hydrogen) atoms. The molecule has 2 rings (SSSR count). The first-order valence-electron chi connectivity index (χ1n) is 6.16. The largest absolute Gasteiger partial charge is 0.481 e. The number of carboxylic acid groups (broad SMARTS) is 1. The summed E-state index contributed by atoms with van der Waals surface area (Å²) in [6.45, 7) is 1.21. The van der Waals surface area contributed by atoms with Crippen molar-refractivity contribution in [3.8, 4) is 0 Å². The lowest BCUT2D eigenvalue weighted by Crippen LogP contribution is -2.32. The molecule has 2 N–H and O–H groups in total. The third-order valence-corrected chi connectivity index (χ3v) is 4.00. The molecule has 0 radical (unpaired) electrons. The van der Waals surface area contributed by atoms with Crippen LogP contribution in [0.1, 0.15) is 6.42 Å². The van der Waals surface area contributed by atoms with Crippen LogP contribution in [0.15, 0.2) is 22.7 Å². The van der Waals surface area contributed by atoms with E-state index >= 15 is 0 Å². The molecule has 0 spiro atoms. The summed E-state index contributed by atoms with van der Waals surface area (Å²) in [5, 5.41) is 12.1. The lowest BCUT2D eigenvalue weighted by Gasteiger charge is -2.15. The molecule has 108 valence electrons. The molecule has 0 bridgehead atoms. The predicted molar refractivity (Wildman–Crippen MR) is 80.0 cm³/mol. The zero-order valence-corrected chi connectivity index (χ0v) is 12.9. The van der Waals surface area contributed by atoms with E-state index in [9.17, 15) is 9.59 Å². The van der Waals surface area contributed by atoms with E-state index in [1.165, 1.54) is 0 Å². The molecule has 7 heteroatoms. The number of likely N-dealkylation sites (tertiary alicyclic amines) is 1. The van der Waals surface area contributed by atoms with Gasteiger partial charge in [-0.15, -0.1) is 0 Å². The zero-order valence-electron chi connectivity index (χ0n) is 10.6. The highest BCUT2D eigenvalue weighted by molar-refractivity contribution is 9.10. The smallest absolute Gasteiger partial charge is 0.307 e. The second kappa shape index (κ2) is 6.56. The molecule has 0 saturated carbocycles. The number of hydrogen-bond donors (Lipinski definition) is 2. The second-order valence-electron chi connectivity index (χ2n) is 4.73. The highest BCUT2D eigenvalue weighted by Crippen LogP contribution is 2.25. The Kier molecular flexibility index (Phi) is 5.01. The predicted octanol–water partition coefficient (Wildman–Crippen LogP) is 2.45. The fraction of sp³-hybridized carbons (Fsp3) is 0.385. The van der Waals surface area contributed by atoms with Crippen LogP contribution in [0.3, 0.4) is 0 Å². The first kappa shape index (κ1) is 15.3. The number of nitrogens with zero attached hydrogens (tertiary/aromatic N) is 1. The normalized spacial score (nSPS) is 19.0. The van der Waals surface area contributed by atoms with Crippen molar-refractivity contribution in [1.82, 2.24) is 4.90 Å². The van der Waals surface area contributed by atoms with Gasteiger partial charge in [0, 0.05) is 11.0 Å². The highest BCUT2D eigenvalue weighted by atomic mass is 79.9. The third-order valence-electron chi connectivity index (χ3n) is 3.19. The van der Waals surface area contributed by atoms with E-state index in [1.54, 1.807) is 18.2 Å². The van der Waals surface area contributed by atoms with E-state index < -0.39 is 5.97 Å². The number of benzene rings is 1. The molecular weight excluding hydrogens is 348 g/mol. The molecule has 0 aromatic heterocycles. The average molecular weight is 362 g/mol. The maximum atomic E-state index is 11.9. The number of carboxylic acids is 1. The molecule has 1 aliphatic rings. The molecule has 1 aliphatic heterocycles. The molecule has 1 saturated heterocycles. The van der Waals surface area contributed by atoms with Crippen LogP contribution in [0.5, 0.6) is 0 Å². The number of nitrogens with one attached hydrogen (secondary N) is 1. The fourth-order valence-electron chi connectivity index (χ4n) is 2.16. The van der Waals surface area contributed by atoms with Crippen molar-refractivity contribution in [3.05, 3.63) is 27.7 Å². The van der Waals surface area contributed by atoms with E-state index in [0.29, 0.717) is 30.2 Å². The van der Waals surface area contributed by atoms with Crippen LogP contribution in [0.25, 0.3) is 0 Å². The van der Waals surface area contributed by atoms with Crippen molar-refractivity contribution in [2.45, 2.75) is 6.42 Å². The third kappa shape index (κ3) is 3.94. The summed E-state index contributed by atoms with van der Waals surface area (Å²) >= 11 is 9.31. The monoisotopic (exact) mass is 360 g/mol. The van der Waals surface area contributed by atoms with Gasteiger partial charge in [-0.2, -0.15) is 0 Å². The Morgan fingerprint density at radius 3 is 2.85 bits per heavy atom. The minimum absolute atomic E-state index is 0.177. The van der Waals surface area contributed by atoms with Crippen LogP contribution in [0.2, 0.25) is 5.02 Å². The van der Waals surface area contributed by atoms with Gasteiger partial charge < -0.3 is 10.4 Å². The molecule has 1 aromatic rings. The Bertz CT molecular complexity index is 538. The molecule has 1 unspecified atom stereocenters. The average Bonchev–Trinajstić information content (AvgIpc) is 2.81. The maximum Gasteiger partial charge on any atom is 0.307 e.